The highest BCUT2D eigenvalue weighted by molar-refractivity contribution is 5.89. The van der Waals surface area contributed by atoms with Gasteiger partial charge in [-0.25, -0.2) is 0 Å². The molecule has 172 valence electrons. The number of aromatic nitrogens is 1. The van der Waals surface area contributed by atoms with Crippen LogP contribution in [0.1, 0.15) is 38.5 Å². The summed E-state index contributed by atoms with van der Waals surface area (Å²) in [7, 11) is 0. The highest BCUT2D eigenvalue weighted by Crippen LogP contribution is 2.40. The van der Waals surface area contributed by atoms with Gasteiger partial charge in [0, 0.05) is 57.1 Å². The average Bonchev–Trinajstić information content (AvgIpc) is 2.76. The maximum Gasteiger partial charge on any atom is 0.245 e. The van der Waals surface area contributed by atoms with Gasteiger partial charge in [0.05, 0.1) is 6.20 Å². The van der Waals surface area contributed by atoms with Crippen molar-refractivity contribution < 1.29 is 14.3 Å². The van der Waals surface area contributed by atoms with Crippen LogP contribution in [0, 0.1) is 11.8 Å². The molecule has 0 unspecified atom stereocenters. The van der Waals surface area contributed by atoms with Crippen LogP contribution < -0.4 is 10.1 Å². The number of halogens is 2. The number of carbonyl (C=O) groups is 2. The van der Waals surface area contributed by atoms with Crippen LogP contribution >= 0.6 is 24.8 Å². The van der Waals surface area contributed by atoms with Crippen molar-refractivity contribution >= 4 is 36.6 Å². The summed E-state index contributed by atoms with van der Waals surface area (Å²) in [5, 5.41) is 3.52. The summed E-state index contributed by atoms with van der Waals surface area (Å²) in [4.78, 5) is 34.5. The van der Waals surface area contributed by atoms with Crippen LogP contribution in [0.4, 0.5) is 0 Å². The van der Waals surface area contributed by atoms with Crippen molar-refractivity contribution in [2.75, 3.05) is 26.2 Å². The first kappa shape index (κ1) is 24.1. The van der Waals surface area contributed by atoms with E-state index in [4.69, 9.17) is 4.74 Å². The Hall–Kier alpha value is -1.57. The maximum atomic E-state index is 13.6. The number of fused-ring (bicyclic) bond motifs is 4. The molecule has 2 amide bonds. The normalized spacial score (nSPS) is 30.5. The minimum atomic E-state index is -0.285. The number of hydrogen-bond acceptors (Lipinski definition) is 5. The summed E-state index contributed by atoms with van der Waals surface area (Å²) in [6, 6.07) is 3.74. The molecule has 31 heavy (non-hydrogen) atoms. The first-order valence-electron chi connectivity index (χ1n) is 11.1. The lowest BCUT2D eigenvalue weighted by molar-refractivity contribution is -0.162. The summed E-state index contributed by atoms with van der Waals surface area (Å²) >= 11 is 0. The number of piperidine rings is 4. The molecule has 1 N–H and O–H groups in total. The molecule has 9 heteroatoms. The lowest BCUT2D eigenvalue weighted by Gasteiger charge is -2.54. The second-order valence-corrected chi connectivity index (χ2v) is 8.95. The van der Waals surface area contributed by atoms with E-state index in [2.05, 4.69) is 10.3 Å². The fourth-order valence-corrected chi connectivity index (χ4v) is 5.82. The van der Waals surface area contributed by atoms with Crippen LogP contribution in [0.15, 0.2) is 24.5 Å². The number of likely N-dealkylation sites (tertiary alicyclic amines) is 1. The zero-order chi connectivity index (χ0) is 19.8. The smallest absolute Gasteiger partial charge is 0.245 e. The van der Waals surface area contributed by atoms with Crippen molar-refractivity contribution in [3.05, 3.63) is 24.5 Å². The Bertz CT molecular complexity index is 760. The third-order valence-corrected chi connectivity index (χ3v) is 7.19. The van der Waals surface area contributed by atoms with Crippen molar-refractivity contribution in [1.29, 1.82) is 0 Å². The molecule has 4 atom stereocenters. The molecular formula is C22H32Cl2N4O3. The van der Waals surface area contributed by atoms with E-state index in [0.29, 0.717) is 25.4 Å². The Kier molecular flexibility index (Phi) is 8.05. The molecule has 4 saturated heterocycles. The lowest BCUT2D eigenvalue weighted by atomic mass is 9.72. The van der Waals surface area contributed by atoms with Crippen molar-refractivity contribution in [2.45, 2.75) is 56.7 Å². The molecule has 1 aromatic heterocycles. The van der Waals surface area contributed by atoms with Gasteiger partial charge in [-0.05, 0) is 43.9 Å². The molecule has 0 aromatic carbocycles. The molecule has 0 saturated carbocycles. The Morgan fingerprint density at radius 1 is 1.13 bits per heavy atom. The second kappa shape index (κ2) is 10.4. The van der Waals surface area contributed by atoms with Crippen LogP contribution in [0.5, 0.6) is 5.75 Å². The number of hydrogen-bond donors (Lipinski definition) is 1. The fourth-order valence-electron chi connectivity index (χ4n) is 5.82. The Labute approximate surface area is 196 Å². The molecule has 1 aromatic rings. The quantitative estimate of drug-likeness (QED) is 0.733. The van der Waals surface area contributed by atoms with Gasteiger partial charge in [-0.2, -0.15) is 0 Å². The van der Waals surface area contributed by atoms with Gasteiger partial charge >= 0.3 is 0 Å². The number of carbonyl (C=O) groups excluding carboxylic acids is 2. The van der Waals surface area contributed by atoms with E-state index in [1.807, 2.05) is 21.9 Å². The van der Waals surface area contributed by atoms with Gasteiger partial charge in [0.2, 0.25) is 11.8 Å². The van der Waals surface area contributed by atoms with E-state index < -0.39 is 0 Å². The van der Waals surface area contributed by atoms with E-state index in [-0.39, 0.29) is 60.7 Å². The monoisotopic (exact) mass is 470 g/mol. The van der Waals surface area contributed by atoms with Gasteiger partial charge in [-0.1, -0.05) is 0 Å². The van der Waals surface area contributed by atoms with E-state index >= 15 is 0 Å². The molecule has 5 heterocycles. The first-order chi connectivity index (χ1) is 14.2. The topological polar surface area (TPSA) is 74.8 Å². The average molecular weight is 471 g/mol. The fraction of sp³-hybridized carbons (Fsp3) is 0.682. The van der Waals surface area contributed by atoms with Crippen molar-refractivity contribution in [1.82, 2.24) is 20.1 Å². The molecule has 5 rings (SSSR count). The van der Waals surface area contributed by atoms with Crippen LogP contribution in [0.2, 0.25) is 0 Å². The molecule has 4 fully saturated rings. The van der Waals surface area contributed by atoms with Crippen LogP contribution in [0.3, 0.4) is 0 Å². The number of amides is 2. The maximum absolute atomic E-state index is 13.6. The summed E-state index contributed by atoms with van der Waals surface area (Å²) in [6.07, 6.45) is 8.86. The zero-order valence-electron chi connectivity index (χ0n) is 17.7. The summed E-state index contributed by atoms with van der Waals surface area (Å²) < 4.78 is 6.02. The van der Waals surface area contributed by atoms with Crippen molar-refractivity contribution in [2.24, 2.45) is 11.8 Å². The van der Waals surface area contributed by atoms with E-state index in [9.17, 15) is 9.59 Å². The van der Waals surface area contributed by atoms with Gasteiger partial charge in [0.15, 0.2) is 0 Å². The molecular weight excluding hydrogens is 439 g/mol. The standard InChI is InChI=1S/C22H30N4O3.2ClH/c27-20-5-1-4-19-15-11-16(13-24-12-15)21(26(19)20)22(28)25-9-6-17(7-10-25)29-18-3-2-8-23-14-18;;/h2-3,8,14-17,19,21,24H,1,4-7,9-13H2;2*1H/t15-,16+,19+,21-;;/m1../s1. The van der Waals surface area contributed by atoms with Gasteiger partial charge in [-0.15, -0.1) is 24.8 Å². The van der Waals surface area contributed by atoms with E-state index in [1.165, 1.54) is 0 Å². The summed E-state index contributed by atoms with van der Waals surface area (Å²) in [6.45, 7) is 3.19. The molecule has 0 radical (unpaired) electrons. The third-order valence-electron chi connectivity index (χ3n) is 7.19. The van der Waals surface area contributed by atoms with Gasteiger partial charge in [0.25, 0.3) is 0 Å². The minimum absolute atomic E-state index is 0. The van der Waals surface area contributed by atoms with Gasteiger partial charge in [-0.3, -0.25) is 14.6 Å². The molecule has 7 nitrogen and oxygen atoms in total. The highest BCUT2D eigenvalue weighted by atomic mass is 35.5. The third kappa shape index (κ3) is 4.78. The molecule has 0 spiro atoms. The summed E-state index contributed by atoms with van der Waals surface area (Å²) in [5.41, 5.74) is 0. The second-order valence-electron chi connectivity index (χ2n) is 8.95. The Morgan fingerprint density at radius 3 is 2.65 bits per heavy atom. The highest BCUT2D eigenvalue weighted by Gasteiger charge is 2.51. The Balaban J connectivity index is 0.00000136. The zero-order valence-corrected chi connectivity index (χ0v) is 19.3. The molecule has 2 bridgehead atoms. The van der Waals surface area contributed by atoms with Crippen molar-refractivity contribution in [3.63, 3.8) is 0 Å². The summed E-state index contributed by atoms with van der Waals surface area (Å²) in [5.74, 6) is 1.86. The minimum Gasteiger partial charge on any atom is -0.489 e. The Morgan fingerprint density at radius 2 is 1.90 bits per heavy atom. The van der Waals surface area contributed by atoms with Crippen LogP contribution in [-0.2, 0) is 9.59 Å². The van der Waals surface area contributed by atoms with E-state index in [0.717, 1.165) is 50.9 Å². The van der Waals surface area contributed by atoms with Gasteiger partial charge in [0.1, 0.15) is 17.9 Å². The number of pyridine rings is 1. The largest absolute Gasteiger partial charge is 0.489 e. The van der Waals surface area contributed by atoms with Crippen LogP contribution in [0.25, 0.3) is 0 Å². The number of rotatable bonds is 3. The molecule has 0 aliphatic carbocycles. The molecule has 4 aliphatic heterocycles. The first-order valence-corrected chi connectivity index (χ1v) is 11.1. The van der Waals surface area contributed by atoms with Gasteiger partial charge < -0.3 is 19.9 Å². The lowest BCUT2D eigenvalue weighted by Crippen LogP contribution is -2.68. The number of ether oxygens (including phenoxy) is 1. The van der Waals surface area contributed by atoms with E-state index in [1.54, 1.807) is 12.4 Å². The SMILES string of the molecule is Cl.Cl.O=C([C@H]1[C@@H]2CNC[C@@H](C2)[C@@H]2CCCC(=O)N21)N1CCC(Oc2cccnc2)CC1. The number of nitrogens with one attached hydrogen (secondary N) is 1. The predicted octanol–water partition coefficient (Wildman–Crippen LogP) is 2.28. The van der Waals surface area contributed by atoms with Crippen molar-refractivity contribution in [3.8, 4) is 5.75 Å². The molecule has 4 aliphatic rings. The van der Waals surface area contributed by atoms with Crippen LogP contribution in [-0.4, -0.2) is 71.0 Å². The number of nitrogens with zero attached hydrogens (tertiary/aromatic N) is 3. The predicted molar refractivity (Wildman–Crippen MR) is 122 cm³/mol.